The number of aromatic nitrogens is 2. The molecule has 1 aromatic carbocycles. The first-order valence-electron chi connectivity index (χ1n) is 5.82. The third-order valence-electron chi connectivity index (χ3n) is 2.88. The Morgan fingerprint density at radius 3 is 2.74 bits per heavy atom. The predicted molar refractivity (Wildman–Crippen MR) is 77.1 cm³/mol. The number of H-pyrrole nitrogens is 1. The minimum atomic E-state index is -0.380. The van der Waals surface area contributed by atoms with E-state index in [2.05, 4.69) is 25.9 Å². The molecule has 5 nitrogen and oxygen atoms in total. The van der Waals surface area contributed by atoms with Gasteiger partial charge in [-0.05, 0) is 6.07 Å². The highest BCUT2D eigenvalue weighted by atomic mass is 79.9. The number of halogens is 1. The smallest absolute Gasteiger partial charge is 0.262 e. The molecule has 100 valence electrons. The Kier molecular flexibility index (Phi) is 4.01. The Morgan fingerprint density at radius 2 is 2.16 bits per heavy atom. The summed E-state index contributed by atoms with van der Waals surface area (Å²) in [6.07, 6.45) is 0. The van der Waals surface area contributed by atoms with Crippen LogP contribution in [-0.2, 0) is 0 Å². The Hall–Kier alpha value is -1.66. The number of nitrogens with one attached hydrogen (secondary N) is 1. The maximum absolute atomic E-state index is 12.1. The van der Waals surface area contributed by atoms with E-state index in [0.717, 1.165) is 4.47 Å². The van der Waals surface area contributed by atoms with Gasteiger partial charge in [0.25, 0.3) is 5.56 Å². The summed E-state index contributed by atoms with van der Waals surface area (Å²) in [4.78, 5) is 18.8. The molecule has 0 fully saturated rings. The standard InChI is InChI=1S/C13H14BrN3O2/c1-7(6-15)11-16-12(18)10(13(19)17-11)8-4-2-3-5-9(8)14/h2-5,7H,6,15H2,1H3,(H2,16,17,18,19). The van der Waals surface area contributed by atoms with E-state index in [1.165, 1.54) is 0 Å². The van der Waals surface area contributed by atoms with E-state index >= 15 is 0 Å². The molecule has 2 rings (SSSR count). The third-order valence-corrected chi connectivity index (χ3v) is 3.57. The third kappa shape index (κ3) is 2.69. The van der Waals surface area contributed by atoms with Crippen molar-refractivity contribution >= 4 is 15.9 Å². The van der Waals surface area contributed by atoms with Gasteiger partial charge in [0.15, 0.2) is 0 Å². The number of hydrogen-bond donors (Lipinski definition) is 3. The van der Waals surface area contributed by atoms with Crippen LogP contribution in [-0.4, -0.2) is 21.6 Å². The van der Waals surface area contributed by atoms with Gasteiger partial charge < -0.3 is 15.8 Å². The van der Waals surface area contributed by atoms with Crippen LogP contribution in [0.2, 0.25) is 0 Å². The molecule has 6 heteroatoms. The van der Waals surface area contributed by atoms with Crippen LogP contribution in [0, 0.1) is 0 Å². The van der Waals surface area contributed by atoms with Crippen LogP contribution in [0.1, 0.15) is 18.7 Å². The molecule has 0 aliphatic carbocycles. The number of aromatic hydroxyl groups is 1. The summed E-state index contributed by atoms with van der Waals surface area (Å²) in [5, 5.41) is 10.0. The summed E-state index contributed by atoms with van der Waals surface area (Å²) in [5.74, 6) is -0.0152. The average Bonchev–Trinajstić information content (AvgIpc) is 2.39. The largest absolute Gasteiger partial charge is 0.493 e. The predicted octanol–water partition coefficient (Wildman–Crippen LogP) is 1.97. The Bertz CT molecular complexity index is 655. The summed E-state index contributed by atoms with van der Waals surface area (Å²) >= 11 is 3.35. The molecular formula is C13H14BrN3O2. The molecule has 1 atom stereocenters. The fourth-order valence-electron chi connectivity index (χ4n) is 1.73. The average molecular weight is 324 g/mol. The molecule has 0 bridgehead atoms. The van der Waals surface area contributed by atoms with E-state index in [0.29, 0.717) is 17.9 Å². The van der Waals surface area contributed by atoms with Crippen molar-refractivity contribution in [1.29, 1.82) is 0 Å². The van der Waals surface area contributed by atoms with E-state index in [1.54, 1.807) is 18.2 Å². The fraction of sp³-hybridized carbons (Fsp3) is 0.231. The van der Waals surface area contributed by atoms with Crippen LogP contribution >= 0.6 is 15.9 Å². The van der Waals surface area contributed by atoms with Crippen molar-refractivity contribution in [3.05, 3.63) is 44.9 Å². The van der Waals surface area contributed by atoms with Crippen LogP contribution in [0.5, 0.6) is 5.88 Å². The zero-order valence-electron chi connectivity index (χ0n) is 10.4. The van der Waals surface area contributed by atoms with Crippen LogP contribution < -0.4 is 11.3 Å². The van der Waals surface area contributed by atoms with E-state index in [-0.39, 0.29) is 22.9 Å². The molecule has 0 spiro atoms. The van der Waals surface area contributed by atoms with Crippen molar-refractivity contribution in [3.63, 3.8) is 0 Å². The molecule has 0 saturated heterocycles. The first kappa shape index (κ1) is 13.8. The summed E-state index contributed by atoms with van der Waals surface area (Å²) < 4.78 is 0.720. The van der Waals surface area contributed by atoms with Crippen molar-refractivity contribution < 1.29 is 5.11 Å². The maximum Gasteiger partial charge on any atom is 0.262 e. The minimum Gasteiger partial charge on any atom is -0.493 e. The number of hydrogen-bond acceptors (Lipinski definition) is 4. The molecule has 4 N–H and O–H groups in total. The lowest BCUT2D eigenvalue weighted by Gasteiger charge is -2.10. The van der Waals surface area contributed by atoms with Gasteiger partial charge in [-0.15, -0.1) is 0 Å². The van der Waals surface area contributed by atoms with Crippen molar-refractivity contribution in [1.82, 2.24) is 9.97 Å². The molecule has 0 aliphatic rings. The minimum absolute atomic E-state index is 0.119. The molecular weight excluding hydrogens is 310 g/mol. The molecule has 2 aromatic rings. The zero-order valence-corrected chi connectivity index (χ0v) is 11.9. The second kappa shape index (κ2) is 5.54. The van der Waals surface area contributed by atoms with E-state index < -0.39 is 0 Å². The van der Waals surface area contributed by atoms with E-state index in [9.17, 15) is 9.90 Å². The number of nitrogens with two attached hydrogens (primary N) is 1. The van der Waals surface area contributed by atoms with Gasteiger partial charge in [-0.1, -0.05) is 41.1 Å². The van der Waals surface area contributed by atoms with Gasteiger partial charge in [-0.3, -0.25) is 4.79 Å². The quantitative estimate of drug-likeness (QED) is 0.805. The van der Waals surface area contributed by atoms with Crippen LogP contribution in [0.4, 0.5) is 0 Å². The lowest BCUT2D eigenvalue weighted by atomic mass is 10.1. The lowest BCUT2D eigenvalue weighted by Crippen LogP contribution is -2.19. The summed E-state index contributed by atoms with van der Waals surface area (Å²) in [6, 6.07) is 7.15. The second-order valence-electron chi connectivity index (χ2n) is 4.27. The van der Waals surface area contributed by atoms with Crippen molar-refractivity contribution in [2.24, 2.45) is 5.73 Å². The Balaban J connectivity index is 2.61. The molecule has 0 aliphatic heterocycles. The van der Waals surface area contributed by atoms with Crippen molar-refractivity contribution in [2.45, 2.75) is 12.8 Å². The number of aromatic amines is 1. The first-order valence-corrected chi connectivity index (χ1v) is 6.62. The van der Waals surface area contributed by atoms with E-state index in [4.69, 9.17) is 5.73 Å². The van der Waals surface area contributed by atoms with Gasteiger partial charge in [-0.2, -0.15) is 4.98 Å². The number of rotatable bonds is 3. The lowest BCUT2D eigenvalue weighted by molar-refractivity contribution is 0.447. The number of nitrogens with zero attached hydrogens (tertiary/aromatic N) is 1. The molecule has 0 amide bonds. The Labute approximate surface area is 118 Å². The number of benzene rings is 1. The second-order valence-corrected chi connectivity index (χ2v) is 5.12. The van der Waals surface area contributed by atoms with Gasteiger partial charge in [-0.25, -0.2) is 0 Å². The van der Waals surface area contributed by atoms with Crippen LogP contribution in [0.25, 0.3) is 11.1 Å². The van der Waals surface area contributed by atoms with Crippen molar-refractivity contribution in [3.8, 4) is 17.0 Å². The van der Waals surface area contributed by atoms with Gasteiger partial charge in [0.05, 0.1) is 0 Å². The monoisotopic (exact) mass is 323 g/mol. The first-order chi connectivity index (χ1) is 9.04. The highest BCUT2D eigenvalue weighted by molar-refractivity contribution is 9.10. The van der Waals surface area contributed by atoms with Gasteiger partial charge in [0.2, 0.25) is 5.88 Å². The topological polar surface area (TPSA) is 92.0 Å². The summed E-state index contributed by atoms with van der Waals surface area (Å²) in [5.41, 5.74) is 5.90. The van der Waals surface area contributed by atoms with Crippen LogP contribution in [0.15, 0.2) is 33.5 Å². The van der Waals surface area contributed by atoms with Gasteiger partial charge in [0.1, 0.15) is 11.4 Å². The molecule has 0 saturated carbocycles. The van der Waals surface area contributed by atoms with E-state index in [1.807, 2.05) is 13.0 Å². The molecule has 1 unspecified atom stereocenters. The normalized spacial score (nSPS) is 12.4. The highest BCUT2D eigenvalue weighted by Gasteiger charge is 2.17. The zero-order chi connectivity index (χ0) is 14.0. The fourth-order valence-corrected chi connectivity index (χ4v) is 2.21. The summed E-state index contributed by atoms with van der Waals surface area (Å²) in [6.45, 7) is 2.17. The molecule has 0 radical (unpaired) electrons. The molecule has 19 heavy (non-hydrogen) atoms. The molecule has 1 heterocycles. The highest BCUT2D eigenvalue weighted by Crippen LogP contribution is 2.30. The SMILES string of the molecule is CC(CN)c1nc(O)c(-c2ccccc2Br)c(=O)[nH]1. The van der Waals surface area contributed by atoms with Crippen molar-refractivity contribution in [2.75, 3.05) is 6.54 Å². The Morgan fingerprint density at radius 1 is 1.47 bits per heavy atom. The van der Waals surface area contributed by atoms with Gasteiger partial charge in [0, 0.05) is 22.5 Å². The van der Waals surface area contributed by atoms with Crippen LogP contribution in [0.3, 0.4) is 0 Å². The summed E-state index contributed by atoms with van der Waals surface area (Å²) in [7, 11) is 0. The maximum atomic E-state index is 12.1. The molecule has 1 aromatic heterocycles. The van der Waals surface area contributed by atoms with Gasteiger partial charge >= 0.3 is 0 Å².